The third kappa shape index (κ3) is 2.78. The maximum Gasteiger partial charge on any atom is 0.364 e. The van der Waals surface area contributed by atoms with Crippen LogP contribution in [-0.2, 0) is 9.53 Å². The van der Waals surface area contributed by atoms with E-state index in [-0.39, 0.29) is 0 Å². The molecule has 0 radical (unpaired) electrons. The second-order valence-corrected chi connectivity index (χ2v) is 4.26. The monoisotopic (exact) mass is 267 g/mol. The lowest BCUT2D eigenvalue weighted by atomic mass is 9.96. The number of aliphatic carboxylic acids is 1. The molecule has 0 amide bonds. The summed E-state index contributed by atoms with van der Waals surface area (Å²) in [5.41, 5.74) is 5.45. The number of carbonyl (C=O) groups is 1. The molecule has 0 aromatic carbocycles. The molecule has 1 aliphatic heterocycles. The maximum atomic E-state index is 10.9. The molecule has 9 heteroatoms. The molecule has 0 aromatic rings. The summed E-state index contributed by atoms with van der Waals surface area (Å²) in [6.07, 6.45) is -7.24. The van der Waals surface area contributed by atoms with Crippen molar-refractivity contribution in [3.05, 3.63) is 0 Å². The second-order valence-electron chi connectivity index (χ2n) is 4.26. The summed E-state index contributed by atoms with van der Waals surface area (Å²) in [6.45, 7) is -0.833. The Bertz CT molecular complexity index is 313. The topological polar surface area (TPSA) is 174 Å². The Balaban J connectivity index is 3.06. The highest BCUT2D eigenvalue weighted by molar-refractivity contribution is 5.75. The van der Waals surface area contributed by atoms with Crippen molar-refractivity contribution in [3.63, 3.8) is 0 Å². The molecule has 9 nitrogen and oxygen atoms in total. The summed E-state index contributed by atoms with van der Waals surface area (Å²) in [6, 6.07) is -1.33. The maximum absolute atomic E-state index is 10.9. The Labute approximate surface area is 102 Å². The van der Waals surface area contributed by atoms with Crippen LogP contribution in [0.3, 0.4) is 0 Å². The first-order valence-electron chi connectivity index (χ1n) is 5.27. The number of nitrogens with two attached hydrogens (primary N) is 1. The molecule has 0 spiro atoms. The van der Waals surface area contributed by atoms with Crippen LogP contribution in [0.1, 0.15) is 6.42 Å². The van der Waals surface area contributed by atoms with Crippen molar-refractivity contribution >= 4 is 5.97 Å². The Kier molecular flexibility index (Phi) is 4.61. The van der Waals surface area contributed by atoms with E-state index in [2.05, 4.69) is 0 Å². The zero-order valence-corrected chi connectivity index (χ0v) is 9.38. The molecule has 0 bridgehead atoms. The number of hydrogen-bond donors (Lipinski definition) is 7. The van der Waals surface area contributed by atoms with Gasteiger partial charge in [0.15, 0.2) is 0 Å². The van der Waals surface area contributed by atoms with Crippen LogP contribution in [0.4, 0.5) is 0 Å². The van der Waals surface area contributed by atoms with Crippen molar-refractivity contribution in [2.45, 2.75) is 42.7 Å². The molecule has 0 saturated carbocycles. The van der Waals surface area contributed by atoms with Gasteiger partial charge in [-0.3, -0.25) is 0 Å². The van der Waals surface area contributed by atoms with E-state index in [1.54, 1.807) is 0 Å². The van der Waals surface area contributed by atoms with Gasteiger partial charge in [0.1, 0.15) is 18.3 Å². The molecule has 1 unspecified atom stereocenters. The molecule has 1 heterocycles. The highest BCUT2D eigenvalue weighted by Gasteiger charge is 2.51. The van der Waals surface area contributed by atoms with Crippen molar-refractivity contribution in [1.82, 2.24) is 0 Å². The van der Waals surface area contributed by atoms with Gasteiger partial charge in [0.2, 0.25) is 0 Å². The standard InChI is InChI=1S/C9H17NO8/c10-5-3(12)1-9(17,8(15)16)18-7(6(5)14)4(13)2-11/h3-7,11-14,17H,1-2,10H2,(H,15,16)/t3-,4+,5+,6+,7+,9?/m0/s1. The third-order valence-corrected chi connectivity index (χ3v) is 2.89. The highest BCUT2D eigenvalue weighted by atomic mass is 16.7. The summed E-state index contributed by atoms with van der Waals surface area (Å²) in [7, 11) is 0. The van der Waals surface area contributed by atoms with Crippen molar-refractivity contribution in [2.24, 2.45) is 5.73 Å². The van der Waals surface area contributed by atoms with Crippen LogP contribution in [0.5, 0.6) is 0 Å². The average Bonchev–Trinajstić information content (AvgIpc) is 2.40. The smallest absolute Gasteiger partial charge is 0.364 e. The van der Waals surface area contributed by atoms with Crippen molar-refractivity contribution in [3.8, 4) is 0 Å². The largest absolute Gasteiger partial charge is 0.477 e. The zero-order chi connectivity index (χ0) is 14.1. The number of ether oxygens (including phenoxy) is 1. The van der Waals surface area contributed by atoms with Crippen LogP contribution in [0, 0.1) is 0 Å². The predicted molar refractivity (Wildman–Crippen MR) is 55.2 cm³/mol. The van der Waals surface area contributed by atoms with Crippen LogP contribution in [0.2, 0.25) is 0 Å². The van der Waals surface area contributed by atoms with Crippen molar-refractivity contribution in [2.75, 3.05) is 6.61 Å². The van der Waals surface area contributed by atoms with Gasteiger partial charge >= 0.3 is 5.97 Å². The minimum absolute atomic E-state index is 0.769. The number of rotatable bonds is 3. The lowest BCUT2D eigenvalue weighted by Crippen LogP contribution is -2.53. The van der Waals surface area contributed by atoms with Gasteiger partial charge in [-0.15, -0.1) is 0 Å². The van der Waals surface area contributed by atoms with Gasteiger partial charge in [0, 0.05) is 6.42 Å². The Morgan fingerprint density at radius 1 is 1.50 bits per heavy atom. The molecular formula is C9H17NO8. The molecule has 1 fully saturated rings. The van der Waals surface area contributed by atoms with Crippen LogP contribution in [0.15, 0.2) is 0 Å². The van der Waals surface area contributed by atoms with Crippen LogP contribution in [-0.4, -0.2) is 79.5 Å². The van der Waals surface area contributed by atoms with E-state index >= 15 is 0 Å². The SMILES string of the molecule is N[C@H]1[C@@H](O)[C@@H]([C@H](O)CO)OC(O)(C(=O)O)C[C@@H]1O. The third-order valence-electron chi connectivity index (χ3n) is 2.89. The van der Waals surface area contributed by atoms with Crippen molar-refractivity contribution in [1.29, 1.82) is 0 Å². The molecule has 18 heavy (non-hydrogen) atoms. The van der Waals surface area contributed by atoms with Gasteiger partial charge in [-0.2, -0.15) is 0 Å². The van der Waals surface area contributed by atoms with Gasteiger partial charge < -0.3 is 41.1 Å². The molecule has 1 aliphatic rings. The normalized spacial score (nSPS) is 43.2. The Morgan fingerprint density at radius 2 is 2.06 bits per heavy atom. The van der Waals surface area contributed by atoms with E-state index in [1.807, 2.05) is 0 Å². The average molecular weight is 267 g/mol. The minimum atomic E-state index is -2.80. The Morgan fingerprint density at radius 3 is 2.50 bits per heavy atom. The van der Waals surface area contributed by atoms with E-state index in [1.165, 1.54) is 0 Å². The zero-order valence-electron chi connectivity index (χ0n) is 9.38. The summed E-state index contributed by atoms with van der Waals surface area (Å²) in [5, 5.41) is 56.0. The van der Waals surface area contributed by atoms with Gasteiger partial charge in [-0.25, -0.2) is 4.79 Å². The lowest BCUT2D eigenvalue weighted by Gasteiger charge is -2.30. The predicted octanol–water partition coefficient (Wildman–Crippen LogP) is -4.05. The van der Waals surface area contributed by atoms with Crippen LogP contribution in [0.25, 0.3) is 0 Å². The van der Waals surface area contributed by atoms with E-state index in [4.69, 9.17) is 20.7 Å². The molecule has 0 aliphatic carbocycles. The Hall–Kier alpha value is -0.810. The van der Waals surface area contributed by atoms with Crippen molar-refractivity contribution < 1.29 is 40.2 Å². The van der Waals surface area contributed by atoms with Gasteiger partial charge in [-0.05, 0) is 0 Å². The van der Waals surface area contributed by atoms with Gasteiger partial charge in [-0.1, -0.05) is 0 Å². The van der Waals surface area contributed by atoms with E-state index in [9.17, 15) is 25.2 Å². The minimum Gasteiger partial charge on any atom is -0.477 e. The second kappa shape index (κ2) is 5.45. The first-order chi connectivity index (χ1) is 8.23. The number of carboxylic acids is 1. The summed E-state index contributed by atoms with van der Waals surface area (Å²) < 4.78 is 4.72. The fourth-order valence-electron chi connectivity index (χ4n) is 1.76. The molecular weight excluding hydrogens is 250 g/mol. The summed E-state index contributed by atoms with van der Waals surface area (Å²) >= 11 is 0. The van der Waals surface area contributed by atoms with E-state index < -0.39 is 55.2 Å². The number of aliphatic hydroxyl groups is 5. The molecule has 1 saturated heterocycles. The highest BCUT2D eigenvalue weighted by Crippen LogP contribution is 2.27. The van der Waals surface area contributed by atoms with E-state index in [0.717, 1.165) is 0 Å². The first-order valence-corrected chi connectivity index (χ1v) is 5.27. The summed E-state index contributed by atoms with van der Waals surface area (Å²) in [4.78, 5) is 10.9. The first kappa shape index (κ1) is 15.2. The van der Waals surface area contributed by atoms with Crippen LogP contribution >= 0.6 is 0 Å². The fourth-order valence-corrected chi connectivity index (χ4v) is 1.76. The quantitative estimate of drug-likeness (QED) is 0.268. The van der Waals surface area contributed by atoms with Crippen LogP contribution < -0.4 is 5.73 Å². The van der Waals surface area contributed by atoms with Gasteiger partial charge in [0.25, 0.3) is 5.79 Å². The molecule has 0 aromatic heterocycles. The number of hydrogen-bond acceptors (Lipinski definition) is 8. The fraction of sp³-hybridized carbons (Fsp3) is 0.889. The molecule has 8 N–H and O–H groups in total. The molecule has 6 atom stereocenters. The molecule has 1 rings (SSSR count). The number of carboxylic acid groups (broad SMARTS) is 1. The van der Waals surface area contributed by atoms with Gasteiger partial charge in [0.05, 0.1) is 18.8 Å². The number of aliphatic hydroxyl groups excluding tert-OH is 4. The molecule has 106 valence electrons. The summed E-state index contributed by atoms with van der Waals surface area (Å²) in [5.74, 6) is -4.59. The van der Waals surface area contributed by atoms with E-state index in [0.29, 0.717) is 0 Å². The lowest BCUT2D eigenvalue weighted by molar-refractivity contribution is -0.263.